The molecule has 29 heavy (non-hydrogen) atoms. The summed E-state index contributed by atoms with van der Waals surface area (Å²) in [6.07, 6.45) is 4.63. The van der Waals surface area contributed by atoms with E-state index in [1.807, 2.05) is 12.1 Å². The maximum absolute atomic E-state index is 12.3. The number of hydrogen-bond donors (Lipinski definition) is 4. The van der Waals surface area contributed by atoms with Crippen molar-refractivity contribution in [1.82, 2.24) is 4.98 Å². The van der Waals surface area contributed by atoms with Crippen molar-refractivity contribution in [2.24, 2.45) is 5.73 Å². The van der Waals surface area contributed by atoms with E-state index >= 15 is 0 Å². The third-order valence-electron chi connectivity index (χ3n) is 4.25. The Hall–Kier alpha value is -3.97. The molecule has 2 aromatic carbocycles. The number of carbonyl (C=O) groups excluding carboxylic acids is 2. The zero-order valence-corrected chi connectivity index (χ0v) is 15.6. The SMILES string of the molecule is Nc1ccc(/C=C/C(=O)C(N)c2ccc(C(=O)Nc3ccnc(N)c3)cc2)cc1. The Morgan fingerprint density at radius 1 is 0.966 bits per heavy atom. The van der Waals surface area contributed by atoms with Gasteiger partial charge in [-0.15, -0.1) is 0 Å². The van der Waals surface area contributed by atoms with Gasteiger partial charge in [0.2, 0.25) is 0 Å². The van der Waals surface area contributed by atoms with Gasteiger partial charge in [0.25, 0.3) is 5.91 Å². The summed E-state index contributed by atoms with van der Waals surface area (Å²) in [7, 11) is 0. The van der Waals surface area contributed by atoms with Crippen LogP contribution in [0.2, 0.25) is 0 Å². The zero-order chi connectivity index (χ0) is 20.8. The molecule has 1 atom stereocenters. The van der Waals surface area contributed by atoms with E-state index < -0.39 is 6.04 Å². The number of anilines is 3. The van der Waals surface area contributed by atoms with Crippen LogP contribution >= 0.6 is 0 Å². The van der Waals surface area contributed by atoms with Gasteiger partial charge in [-0.1, -0.05) is 30.3 Å². The summed E-state index contributed by atoms with van der Waals surface area (Å²) in [6, 6.07) is 16.1. The van der Waals surface area contributed by atoms with E-state index in [0.717, 1.165) is 5.56 Å². The largest absolute Gasteiger partial charge is 0.399 e. The van der Waals surface area contributed by atoms with E-state index in [4.69, 9.17) is 17.2 Å². The number of nitrogens with two attached hydrogens (primary N) is 3. The van der Waals surface area contributed by atoms with Crippen molar-refractivity contribution in [2.75, 3.05) is 16.8 Å². The molecule has 0 saturated heterocycles. The lowest BCUT2D eigenvalue weighted by Crippen LogP contribution is -2.20. The number of ketones is 1. The normalized spacial score (nSPS) is 11.9. The van der Waals surface area contributed by atoms with Crippen LogP contribution in [0.1, 0.15) is 27.5 Å². The highest BCUT2D eigenvalue weighted by molar-refractivity contribution is 6.04. The van der Waals surface area contributed by atoms with Crippen LogP contribution in [0.3, 0.4) is 0 Å². The van der Waals surface area contributed by atoms with E-state index in [-0.39, 0.29) is 11.7 Å². The average Bonchev–Trinajstić information content (AvgIpc) is 2.72. The molecule has 7 heteroatoms. The number of amides is 1. The van der Waals surface area contributed by atoms with Crippen LogP contribution in [0.15, 0.2) is 72.9 Å². The van der Waals surface area contributed by atoms with Crippen molar-refractivity contribution in [3.05, 3.63) is 89.6 Å². The van der Waals surface area contributed by atoms with Crippen molar-refractivity contribution in [3.8, 4) is 0 Å². The van der Waals surface area contributed by atoms with E-state index in [1.54, 1.807) is 54.6 Å². The Kier molecular flexibility index (Phi) is 6.01. The number of benzene rings is 2. The van der Waals surface area contributed by atoms with Crippen molar-refractivity contribution >= 4 is 35.0 Å². The van der Waals surface area contributed by atoms with Gasteiger partial charge >= 0.3 is 0 Å². The minimum atomic E-state index is -0.822. The number of carbonyl (C=O) groups is 2. The average molecular weight is 387 g/mol. The molecule has 0 bridgehead atoms. The summed E-state index contributed by atoms with van der Waals surface area (Å²) in [5, 5.41) is 2.74. The first-order valence-corrected chi connectivity index (χ1v) is 8.88. The van der Waals surface area contributed by atoms with Crippen LogP contribution in [0.4, 0.5) is 17.2 Å². The van der Waals surface area contributed by atoms with Gasteiger partial charge in [0.05, 0.1) is 6.04 Å². The molecule has 3 rings (SSSR count). The zero-order valence-electron chi connectivity index (χ0n) is 15.6. The van der Waals surface area contributed by atoms with Gasteiger partial charge in [-0.25, -0.2) is 4.98 Å². The van der Waals surface area contributed by atoms with Gasteiger partial charge in [0.1, 0.15) is 5.82 Å². The molecule has 0 aliphatic carbocycles. The molecule has 0 aliphatic rings. The maximum Gasteiger partial charge on any atom is 0.255 e. The second-order valence-corrected chi connectivity index (χ2v) is 6.43. The van der Waals surface area contributed by atoms with Crippen molar-refractivity contribution in [2.45, 2.75) is 6.04 Å². The quantitative estimate of drug-likeness (QED) is 0.379. The summed E-state index contributed by atoms with van der Waals surface area (Å²) in [5.74, 6) is -0.230. The molecule has 0 aliphatic heterocycles. The van der Waals surface area contributed by atoms with Crippen molar-refractivity contribution in [1.29, 1.82) is 0 Å². The molecule has 7 N–H and O–H groups in total. The smallest absolute Gasteiger partial charge is 0.255 e. The van der Waals surface area contributed by atoms with Gasteiger partial charge < -0.3 is 22.5 Å². The lowest BCUT2D eigenvalue weighted by Gasteiger charge is -2.10. The first-order chi connectivity index (χ1) is 13.9. The molecular weight excluding hydrogens is 366 g/mol. The van der Waals surface area contributed by atoms with Crippen LogP contribution in [0, 0.1) is 0 Å². The van der Waals surface area contributed by atoms with E-state index in [0.29, 0.717) is 28.3 Å². The predicted octanol–water partition coefficient (Wildman–Crippen LogP) is 2.78. The molecule has 3 aromatic rings. The van der Waals surface area contributed by atoms with Crippen LogP contribution in [-0.4, -0.2) is 16.7 Å². The van der Waals surface area contributed by atoms with Crippen LogP contribution in [0.5, 0.6) is 0 Å². The van der Waals surface area contributed by atoms with Gasteiger partial charge in [-0.3, -0.25) is 9.59 Å². The Morgan fingerprint density at radius 2 is 1.66 bits per heavy atom. The van der Waals surface area contributed by atoms with Gasteiger partial charge in [-0.05, 0) is 47.5 Å². The maximum atomic E-state index is 12.3. The first-order valence-electron chi connectivity index (χ1n) is 8.88. The van der Waals surface area contributed by atoms with E-state index in [2.05, 4.69) is 10.3 Å². The molecule has 0 saturated carbocycles. The third-order valence-corrected chi connectivity index (χ3v) is 4.25. The molecule has 1 aromatic heterocycles. The fourth-order valence-corrected chi connectivity index (χ4v) is 2.62. The van der Waals surface area contributed by atoms with E-state index in [1.165, 1.54) is 12.3 Å². The minimum Gasteiger partial charge on any atom is -0.399 e. The number of aromatic nitrogens is 1. The van der Waals surface area contributed by atoms with Crippen LogP contribution in [-0.2, 0) is 4.79 Å². The monoisotopic (exact) mass is 387 g/mol. The summed E-state index contributed by atoms with van der Waals surface area (Å²) in [5.41, 5.74) is 20.4. The lowest BCUT2D eigenvalue weighted by atomic mass is 10.0. The second-order valence-electron chi connectivity index (χ2n) is 6.43. The number of rotatable bonds is 6. The standard InChI is InChI=1S/C22H21N5O2/c23-17-8-1-14(2-9-17)3-10-19(28)21(25)15-4-6-16(7-5-15)22(29)27-18-11-12-26-20(24)13-18/h1-13,21H,23,25H2,(H3,24,26,27,29)/b10-3+. The Labute approximate surface area is 168 Å². The summed E-state index contributed by atoms with van der Waals surface area (Å²) in [4.78, 5) is 28.6. The molecule has 0 fully saturated rings. The highest BCUT2D eigenvalue weighted by Gasteiger charge is 2.14. The fraction of sp³-hybridized carbons (Fsp3) is 0.0455. The number of nitrogens with zero attached hydrogens (tertiary/aromatic N) is 1. The molecule has 0 spiro atoms. The summed E-state index contributed by atoms with van der Waals surface area (Å²) < 4.78 is 0. The van der Waals surface area contributed by atoms with Crippen LogP contribution in [0.25, 0.3) is 6.08 Å². The molecule has 7 nitrogen and oxygen atoms in total. The lowest BCUT2D eigenvalue weighted by molar-refractivity contribution is -0.115. The predicted molar refractivity (Wildman–Crippen MR) is 115 cm³/mol. The molecule has 1 amide bonds. The van der Waals surface area contributed by atoms with Crippen LogP contribution < -0.4 is 22.5 Å². The molecule has 1 unspecified atom stereocenters. The summed E-state index contributed by atoms with van der Waals surface area (Å²) in [6.45, 7) is 0. The van der Waals surface area contributed by atoms with Gasteiger partial charge in [0, 0.05) is 29.2 Å². The molecule has 0 radical (unpaired) electrons. The highest BCUT2D eigenvalue weighted by atomic mass is 16.1. The third kappa shape index (κ3) is 5.27. The Morgan fingerprint density at radius 3 is 2.31 bits per heavy atom. The number of hydrogen-bond acceptors (Lipinski definition) is 6. The minimum absolute atomic E-state index is 0.244. The topological polar surface area (TPSA) is 137 Å². The van der Waals surface area contributed by atoms with Crippen molar-refractivity contribution < 1.29 is 9.59 Å². The second kappa shape index (κ2) is 8.81. The first kappa shape index (κ1) is 19.8. The number of pyridine rings is 1. The molecule has 1 heterocycles. The van der Waals surface area contributed by atoms with Gasteiger partial charge in [-0.2, -0.15) is 0 Å². The molecular formula is C22H21N5O2. The number of nitrogen functional groups attached to an aromatic ring is 2. The summed E-state index contributed by atoms with van der Waals surface area (Å²) >= 11 is 0. The highest BCUT2D eigenvalue weighted by Crippen LogP contribution is 2.16. The Balaban J connectivity index is 1.64. The Bertz CT molecular complexity index is 1040. The number of nitrogens with one attached hydrogen (secondary N) is 1. The van der Waals surface area contributed by atoms with Gasteiger partial charge in [0.15, 0.2) is 5.78 Å². The fourth-order valence-electron chi connectivity index (χ4n) is 2.62. The molecule has 146 valence electrons. The van der Waals surface area contributed by atoms with Crippen molar-refractivity contribution in [3.63, 3.8) is 0 Å². The van der Waals surface area contributed by atoms with E-state index in [9.17, 15) is 9.59 Å².